The zero-order chi connectivity index (χ0) is 15.3. The first-order valence-corrected chi connectivity index (χ1v) is 6.99. The maximum absolute atomic E-state index is 12.2. The summed E-state index contributed by atoms with van der Waals surface area (Å²) in [6.45, 7) is 7.80. The van der Waals surface area contributed by atoms with Crippen molar-refractivity contribution in [3.63, 3.8) is 0 Å². The highest BCUT2D eigenvalue weighted by Crippen LogP contribution is 2.19. The summed E-state index contributed by atoms with van der Waals surface area (Å²) < 4.78 is 0. The monoisotopic (exact) mass is 277 g/mol. The second kappa shape index (κ2) is 6.75. The van der Waals surface area contributed by atoms with E-state index in [0.29, 0.717) is 12.2 Å². The molecule has 0 aliphatic carbocycles. The van der Waals surface area contributed by atoms with Crippen LogP contribution in [0, 0.1) is 5.41 Å². The number of nitrogens with two attached hydrogens (primary N) is 1. The highest BCUT2D eigenvalue weighted by Gasteiger charge is 2.22. The molecule has 1 unspecified atom stereocenters. The van der Waals surface area contributed by atoms with Crippen LogP contribution in [0.3, 0.4) is 0 Å². The molecule has 1 aromatic rings. The summed E-state index contributed by atoms with van der Waals surface area (Å²) in [4.78, 5) is 14.4. The summed E-state index contributed by atoms with van der Waals surface area (Å²) in [7, 11) is 4.08. The summed E-state index contributed by atoms with van der Waals surface area (Å²) in [6.07, 6.45) is 0. The highest BCUT2D eigenvalue weighted by molar-refractivity contribution is 5.83. The SMILES string of the molecule is CC(C(=O)NCC(C)(C)CN(C)C)c1cccc(N)c1. The van der Waals surface area contributed by atoms with Crippen LogP contribution < -0.4 is 11.1 Å². The van der Waals surface area contributed by atoms with E-state index in [1.165, 1.54) is 0 Å². The molecule has 0 fully saturated rings. The van der Waals surface area contributed by atoms with Crippen molar-refractivity contribution < 1.29 is 4.79 Å². The van der Waals surface area contributed by atoms with E-state index in [-0.39, 0.29) is 17.2 Å². The van der Waals surface area contributed by atoms with Gasteiger partial charge in [0.05, 0.1) is 5.92 Å². The van der Waals surface area contributed by atoms with Crippen LogP contribution in [0.15, 0.2) is 24.3 Å². The first-order valence-electron chi connectivity index (χ1n) is 6.99. The number of nitrogens with zero attached hydrogens (tertiary/aromatic N) is 1. The average Bonchev–Trinajstić information content (AvgIpc) is 2.33. The zero-order valence-electron chi connectivity index (χ0n) is 13.2. The third kappa shape index (κ3) is 5.21. The topological polar surface area (TPSA) is 58.4 Å². The molecule has 1 amide bonds. The van der Waals surface area contributed by atoms with Gasteiger partial charge >= 0.3 is 0 Å². The van der Waals surface area contributed by atoms with Gasteiger partial charge in [0, 0.05) is 18.8 Å². The fourth-order valence-electron chi connectivity index (χ4n) is 2.37. The van der Waals surface area contributed by atoms with Gasteiger partial charge in [-0.05, 0) is 44.1 Å². The third-order valence-corrected chi connectivity index (χ3v) is 3.29. The molecular weight excluding hydrogens is 250 g/mol. The van der Waals surface area contributed by atoms with Crippen LogP contribution in [0.25, 0.3) is 0 Å². The van der Waals surface area contributed by atoms with Crippen molar-refractivity contribution in [3.8, 4) is 0 Å². The molecule has 0 aromatic heterocycles. The third-order valence-electron chi connectivity index (χ3n) is 3.29. The van der Waals surface area contributed by atoms with Crippen LogP contribution in [0.5, 0.6) is 0 Å². The summed E-state index contributed by atoms with van der Waals surface area (Å²) in [5.41, 5.74) is 7.45. The molecule has 0 spiro atoms. The van der Waals surface area contributed by atoms with Crippen LogP contribution in [0.4, 0.5) is 5.69 Å². The van der Waals surface area contributed by atoms with Gasteiger partial charge in [0.2, 0.25) is 5.91 Å². The first-order chi connectivity index (χ1) is 9.21. The number of nitrogen functional groups attached to an aromatic ring is 1. The Hall–Kier alpha value is -1.55. The van der Waals surface area contributed by atoms with E-state index < -0.39 is 0 Å². The number of amides is 1. The van der Waals surface area contributed by atoms with Crippen LogP contribution in [0.1, 0.15) is 32.3 Å². The number of hydrogen-bond donors (Lipinski definition) is 2. The largest absolute Gasteiger partial charge is 0.399 e. The number of benzene rings is 1. The van der Waals surface area contributed by atoms with Crippen molar-refractivity contribution >= 4 is 11.6 Å². The number of carbonyl (C=O) groups excluding carboxylic acids is 1. The molecule has 1 aromatic carbocycles. The van der Waals surface area contributed by atoms with Crippen molar-refractivity contribution in [2.45, 2.75) is 26.7 Å². The van der Waals surface area contributed by atoms with E-state index in [2.05, 4.69) is 24.1 Å². The molecule has 0 aliphatic rings. The Morgan fingerprint density at radius 3 is 2.60 bits per heavy atom. The van der Waals surface area contributed by atoms with Crippen molar-refractivity contribution in [1.29, 1.82) is 0 Å². The standard InChI is InChI=1S/C16H27N3O/c1-12(13-7-6-8-14(17)9-13)15(20)18-10-16(2,3)11-19(4)5/h6-9,12H,10-11,17H2,1-5H3,(H,18,20). The van der Waals surface area contributed by atoms with Crippen LogP contribution in [0.2, 0.25) is 0 Å². The van der Waals surface area contributed by atoms with Gasteiger partial charge in [-0.1, -0.05) is 26.0 Å². The number of nitrogens with one attached hydrogen (secondary N) is 1. The minimum atomic E-state index is -0.186. The van der Waals surface area contributed by atoms with E-state index in [9.17, 15) is 4.79 Å². The zero-order valence-corrected chi connectivity index (χ0v) is 13.2. The number of carbonyl (C=O) groups is 1. The lowest BCUT2D eigenvalue weighted by Gasteiger charge is -2.29. The molecule has 0 aliphatic heterocycles. The molecule has 0 radical (unpaired) electrons. The lowest BCUT2D eigenvalue weighted by molar-refractivity contribution is -0.122. The molecule has 1 rings (SSSR count). The second-order valence-electron chi connectivity index (χ2n) is 6.51. The quantitative estimate of drug-likeness (QED) is 0.783. The number of anilines is 1. The minimum absolute atomic E-state index is 0.0439. The molecule has 0 heterocycles. The van der Waals surface area contributed by atoms with E-state index in [4.69, 9.17) is 5.73 Å². The van der Waals surface area contributed by atoms with E-state index >= 15 is 0 Å². The summed E-state index contributed by atoms with van der Waals surface area (Å²) in [5, 5.41) is 3.04. The predicted molar refractivity (Wildman–Crippen MR) is 84.6 cm³/mol. The van der Waals surface area contributed by atoms with Gasteiger partial charge in [0.25, 0.3) is 0 Å². The van der Waals surface area contributed by atoms with Crippen LogP contribution >= 0.6 is 0 Å². The van der Waals surface area contributed by atoms with Crippen molar-refractivity contribution in [2.75, 3.05) is 32.9 Å². The van der Waals surface area contributed by atoms with E-state index in [1.807, 2.05) is 45.3 Å². The smallest absolute Gasteiger partial charge is 0.227 e. The average molecular weight is 277 g/mol. The van der Waals surface area contributed by atoms with Crippen LogP contribution in [-0.2, 0) is 4.79 Å². The number of hydrogen-bond acceptors (Lipinski definition) is 3. The maximum Gasteiger partial charge on any atom is 0.227 e. The Balaban J connectivity index is 2.58. The van der Waals surface area contributed by atoms with E-state index in [1.54, 1.807) is 0 Å². The molecule has 0 saturated heterocycles. The Morgan fingerprint density at radius 1 is 1.40 bits per heavy atom. The number of rotatable bonds is 6. The fourth-order valence-corrected chi connectivity index (χ4v) is 2.37. The molecule has 4 heteroatoms. The van der Waals surface area contributed by atoms with Gasteiger partial charge in [-0.15, -0.1) is 0 Å². The molecule has 112 valence electrons. The van der Waals surface area contributed by atoms with Gasteiger partial charge < -0.3 is 16.0 Å². The molecule has 3 N–H and O–H groups in total. The molecule has 4 nitrogen and oxygen atoms in total. The maximum atomic E-state index is 12.2. The van der Waals surface area contributed by atoms with Gasteiger partial charge in [-0.25, -0.2) is 0 Å². The predicted octanol–water partition coefficient (Wildman–Crippen LogP) is 2.08. The summed E-state index contributed by atoms with van der Waals surface area (Å²) in [6, 6.07) is 7.50. The second-order valence-corrected chi connectivity index (χ2v) is 6.51. The Bertz CT molecular complexity index is 455. The summed E-state index contributed by atoms with van der Waals surface area (Å²) >= 11 is 0. The lowest BCUT2D eigenvalue weighted by atomic mass is 9.92. The van der Waals surface area contributed by atoms with Gasteiger partial charge in [0.15, 0.2) is 0 Å². The molecular formula is C16H27N3O. The Labute approximate surface area is 122 Å². The van der Waals surface area contributed by atoms with E-state index in [0.717, 1.165) is 12.1 Å². The van der Waals surface area contributed by atoms with Crippen molar-refractivity contribution in [1.82, 2.24) is 10.2 Å². The van der Waals surface area contributed by atoms with Gasteiger partial charge in [-0.2, -0.15) is 0 Å². The fraction of sp³-hybridized carbons (Fsp3) is 0.562. The lowest BCUT2D eigenvalue weighted by Crippen LogP contribution is -2.41. The minimum Gasteiger partial charge on any atom is -0.399 e. The normalized spacial score (nSPS) is 13.3. The molecule has 0 bridgehead atoms. The Kier molecular flexibility index (Phi) is 5.57. The van der Waals surface area contributed by atoms with Crippen LogP contribution in [-0.4, -0.2) is 38.0 Å². The first kappa shape index (κ1) is 16.5. The summed E-state index contributed by atoms with van der Waals surface area (Å²) in [5.74, 6) is -0.143. The van der Waals surface area contributed by atoms with Crippen molar-refractivity contribution in [3.05, 3.63) is 29.8 Å². The highest BCUT2D eigenvalue weighted by atomic mass is 16.1. The van der Waals surface area contributed by atoms with Crippen molar-refractivity contribution in [2.24, 2.45) is 5.41 Å². The Morgan fingerprint density at radius 2 is 2.05 bits per heavy atom. The molecule has 1 atom stereocenters. The molecule has 20 heavy (non-hydrogen) atoms. The molecule has 0 saturated carbocycles. The van der Waals surface area contributed by atoms with Gasteiger partial charge in [0.1, 0.15) is 0 Å². The van der Waals surface area contributed by atoms with Gasteiger partial charge in [-0.3, -0.25) is 4.79 Å².